The highest BCUT2D eigenvalue weighted by atomic mass is 35.5. The van der Waals surface area contributed by atoms with Gasteiger partial charge in [-0.25, -0.2) is 4.79 Å². The van der Waals surface area contributed by atoms with Crippen molar-refractivity contribution in [1.29, 1.82) is 0 Å². The quantitative estimate of drug-likeness (QED) is 0.829. The van der Waals surface area contributed by atoms with Crippen LogP contribution in [0.2, 0.25) is 5.02 Å². The van der Waals surface area contributed by atoms with Gasteiger partial charge in [0.1, 0.15) is 0 Å². The van der Waals surface area contributed by atoms with E-state index in [1.165, 1.54) is 0 Å². The normalized spacial score (nSPS) is 9.67. The fourth-order valence-corrected chi connectivity index (χ4v) is 1.69. The number of benzene rings is 1. The first-order valence-electron chi connectivity index (χ1n) is 5.84. The number of aryl methyl sites for hydroxylation is 1. The van der Waals surface area contributed by atoms with E-state index >= 15 is 0 Å². The number of carbonyl (C=O) groups excluding carboxylic acids is 1. The van der Waals surface area contributed by atoms with Gasteiger partial charge in [-0.3, -0.25) is 0 Å². The number of nitrogens with one attached hydrogen (secondary N) is 1. The zero-order valence-electron chi connectivity index (χ0n) is 10.7. The van der Waals surface area contributed by atoms with Crippen molar-refractivity contribution in [3.05, 3.63) is 28.8 Å². The molecule has 0 aromatic heterocycles. The summed E-state index contributed by atoms with van der Waals surface area (Å²) in [5.74, 6) is 2.48. The molecule has 0 unspecified atom stereocenters. The Labute approximate surface area is 113 Å². The maximum Gasteiger partial charge on any atom is 0.322 e. The third-order valence-electron chi connectivity index (χ3n) is 2.49. The van der Waals surface area contributed by atoms with Crippen LogP contribution in [0.1, 0.15) is 18.9 Å². The summed E-state index contributed by atoms with van der Waals surface area (Å²) in [5.41, 5.74) is 1.65. The molecule has 0 heterocycles. The van der Waals surface area contributed by atoms with Crippen LogP contribution in [0, 0.1) is 19.3 Å². The molecule has 0 bridgehead atoms. The molecule has 0 spiro atoms. The smallest absolute Gasteiger partial charge is 0.313 e. The molecule has 2 amide bonds. The highest BCUT2D eigenvalue weighted by Crippen LogP contribution is 2.20. The third-order valence-corrected chi connectivity index (χ3v) is 2.89. The monoisotopic (exact) mass is 264 g/mol. The van der Waals surface area contributed by atoms with E-state index in [-0.39, 0.29) is 6.03 Å². The molecule has 96 valence electrons. The molecule has 0 fully saturated rings. The summed E-state index contributed by atoms with van der Waals surface area (Å²) in [4.78, 5) is 13.6. The van der Waals surface area contributed by atoms with E-state index in [1.54, 1.807) is 11.0 Å². The predicted molar refractivity (Wildman–Crippen MR) is 75.9 cm³/mol. The van der Waals surface area contributed by atoms with Crippen LogP contribution in [0.15, 0.2) is 18.2 Å². The molecule has 0 aliphatic rings. The van der Waals surface area contributed by atoms with E-state index in [9.17, 15) is 4.79 Å². The lowest BCUT2D eigenvalue weighted by Gasteiger charge is -2.20. The first-order valence-corrected chi connectivity index (χ1v) is 6.21. The second-order valence-electron chi connectivity index (χ2n) is 4.02. The second-order valence-corrected chi connectivity index (χ2v) is 4.43. The van der Waals surface area contributed by atoms with Crippen LogP contribution >= 0.6 is 11.6 Å². The average molecular weight is 265 g/mol. The van der Waals surface area contributed by atoms with Crippen molar-refractivity contribution in [2.24, 2.45) is 0 Å². The SMILES string of the molecule is C#CCN(CCC)C(=O)Nc1ccc(C)c(Cl)c1. The molecule has 0 saturated heterocycles. The summed E-state index contributed by atoms with van der Waals surface area (Å²) < 4.78 is 0. The van der Waals surface area contributed by atoms with E-state index in [2.05, 4.69) is 11.2 Å². The van der Waals surface area contributed by atoms with Gasteiger partial charge < -0.3 is 10.2 Å². The zero-order valence-corrected chi connectivity index (χ0v) is 11.4. The number of hydrogen-bond donors (Lipinski definition) is 1. The van der Waals surface area contributed by atoms with Crippen molar-refractivity contribution in [2.75, 3.05) is 18.4 Å². The summed E-state index contributed by atoms with van der Waals surface area (Å²) >= 11 is 6.00. The Kier molecular flexibility index (Phi) is 5.54. The van der Waals surface area contributed by atoms with Gasteiger partial charge in [0.15, 0.2) is 0 Å². The molecule has 18 heavy (non-hydrogen) atoms. The molecule has 3 nitrogen and oxygen atoms in total. The first-order chi connectivity index (χ1) is 8.58. The van der Waals surface area contributed by atoms with E-state index in [4.69, 9.17) is 18.0 Å². The molecule has 0 aliphatic carbocycles. The van der Waals surface area contributed by atoms with Crippen molar-refractivity contribution >= 4 is 23.3 Å². The number of carbonyl (C=O) groups is 1. The number of halogens is 1. The molecule has 0 radical (unpaired) electrons. The maximum atomic E-state index is 12.0. The molecular weight excluding hydrogens is 248 g/mol. The Balaban J connectivity index is 2.73. The molecule has 1 rings (SSSR count). The number of terminal acetylenes is 1. The number of hydrogen-bond acceptors (Lipinski definition) is 1. The van der Waals surface area contributed by atoms with Crippen molar-refractivity contribution in [3.8, 4) is 12.3 Å². The van der Waals surface area contributed by atoms with Gasteiger partial charge in [0.2, 0.25) is 0 Å². The standard InChI is InChI=1S/C14H17ClN2O/c1-4-8-17(9-5-2)14(18)16-12-7-6-11(3)13(15)10-12/h1,6-7,10H,5,8-9H2,2-3H3,(H,16,18). The Morgan fingerprint density at radius 1 is 1.56 bits per heavy atom. The molecule has 0 atom stereocenters. The molecule has 1 aromatic carbocycles. The lowest BCUT2D eigenvalue weighted by molar-refractivity contribution is 0.218. The van der Waals surface area contributed by atoms with Crippen molar-refractivity contribution in [2.45, 2.75) is 20.3 Å². The third kappa shape index (κ3) is 3.97. The highest BCUT2D eigenvalue weighted by Gasteiger charge is 2.11. The van der Waals surface area contributed by atoms with Crippen LogP contribution in [0.3, 0.4) is 0 Å². The molecular formula is C14H17ClN2O. The maximum absolute atomic E-state index is 12.0. The second kappa shape index (κ2) is 6.93. The Morgan fingerprint density at radius 3 is 2.83 bits per heavy atom. The lowest BCUT2D eigenvalue weighted by atomic mass is 10.2. The van der Waals surface area contributed by atoms with Crippen LogP contribution in [-0.2, 0) is 0 Å². The number of amides is 2. The van der Waals surface area contributed by atoms with E-state index in [0.717, 1.165) is 12.0 Å². The van der Waals surface area contributed by atoms with Crippen LogP contribution in [0.5, 0.6) is 0 Å². The van der Waals surface area contributed by atoms with Crippen LogP contribution in [0.25, 0.3) is 0 Å². The fraction of sp³-hybridized carbons (Fsp3) is 0.357. The Bertz CT molecular complexity index is 465. The fourth-order valence-electron chi connectivity index (χ4n) is 1.51. The van der Waals surface area contributed by atoms with Crippen LogP contribution < -0.4 is 5.32 Å². The Morgan fingerprint density at radius 2 is 2.28 bits per heavy atom. The van der Waals surface area contributed by atoms with Gasteiger partial charge in [-0.15, -0.1) is 6.42 Å². The number of urea groups is 1. The van der Waals surface area contributed by atoms with Crippen molar-refractivity contribution < 1.29 is 4.79 Å². The summed E-state index contributed by atoms with van der Waals surface area (Å²) in [6, 6.07) is 5.21. The van der Waals surface area contributed by atoms with Gasteiger partial charge in [0, 0.05) is 17.3 Å². The highest BCUT2D eigenvalue weighted by molar-refractivity contribution is 6.31. The molecule has 4 heteroatoms. The minimum Gasteiger partial charge on any atom is -0.313 e. The summed E-state index contributed by atoms with van der Waals surface area (Å²) in [7, 11) is 0. The zero-order chi connectivity index (χ0) is 13.5. The first kappa shape index (κ1) is 14.4. The number of nitrogens with zero attached hydrogens (tertiary/aromatic N) is 1. The van der Waals surface area contributed by atoms with E-state index in [1.807, 2.05) is 26.0 Å². The molecule has 0 aliphatic heterocycles. The number of rotatable bonds is 4. The average Bonchev–Trinajstić information content (AvgIpc) is 2.33. The van der Waals surface area contributed by atoms with Gasteiger partial charge in [0.25, 0.3) is 0 Å². The molecule has 0 saturated carbocycles. The Hall–Kier alpha value is -1.66. The largest absolute Gasteiger partial charge is 0.322 e. The predicted octanol–water partition coefficient (Wildman–Crippen LogP) is 3.53. The van der Waals surface area contributed by atoms with E-state index < -0.39 is 0 Å². The van der Waals surface area contributed by atoms with E-state index in [0.29, 0.717) is 23.8 Å². The van der Waals surface area contributed by atoms with Gasteiger partial charge in [-0.05, 0) is 31.0 Å². The summed E-state index contributed by atoms with van der Waals surface area (Å²) in [6.07, 6.45) is 6.11. The summed E-state index contributed by atoms with van der Waals surface area (Å²) in [6.45, 7) is 4.85. The number of anilines is 1. The van der Waals surface area contributed by atoms with Crippen molar-refractivity contribution in [1.82, 2.24) is 4.90 Å². The molecule has 1 N–H and O–H groups in total. The van der Waals surface area contributed by atoms with Crippen molar-refractivity contribution in [3.63, 3.8) is 0 Å². The topological polar surface area (TPSA) is 32.3 Å². The minimum atomic E-state index is -0.199. The van der Waals surface area contributed by atoms with Crippen LogP contribution in [0.4, 0.5) is 10.5 Å². The summed E-state index contributed by atoms with van der Waals surface area (Å²) in [5, 5.41) is 3.42. The van der Waals surface area contributed by atoms with Gasteiger partial charge in [-0.2, -0.15) is 0 Å². The lowest BCUT2D eigenvalue weighted by Crippen LogP contribution is -2.35. The minimum absolute atomic E-state index is 0.199. The van der Waals surface area contributed by atoms with Crippen LogP contribution in [-0.4, -0.2) is 24.0 Å². The van der Waals surface area contributed by atoms with Gasteiger partial charge in [0.05, 0.1) is 6.54 Å². The molecule has 1 aromatic rings. The van der Waals surface area contributed by atoms with Gasteiger partial charge >= 0.3 is 6.03 Å². The van der Waals surface area contributed by atoms with Gasteiger partial charge in [-0.1, -0.05) is 30.5 Å².